The maximum Gasteiger partial charge on any atom is 0.407 e. The van der Waals surface area contributed by atoms with Crippen LogP contribution in [0.15, 0.2) is 18.2 Å². The highest BCUT2D eigenvalue weighted by Crippen LogP contribution is 2.25. The van der Waals surface area contributed by atoms with E-state index in [1.807, 2.05) is 12.1 Å². The van der Waals surface area contributed by atoms with E-state index >= 15 is 0 Å². The fourth-order valence-corrected chi connectivity index (χ4v) is 2.27. The molecule has 6 heteroatoms. The molecule has 2 fully saturated rings. The minimum Gasteiger partial charge on any atom is -0.489 e. The zero-order chi connectivity index (χ0) is 13.9. The molecule has 3 rings (SSSR count). The lowest BCUT2D eigenvalue weighted by molar-refractivity contribution is 0.104. The first-order chi connectivity index (χ1) is 9.70. The van der Waals surface area contributed by atoms with Crippen LogP contribution < -0.4 is 15.4 Å². The number of rotatable bonds is 6. The van der Waals surface area contributed by atoms with Crippen LogP contribution in [-0.4, -0.2) is 31.4 Å². The summed E-state index contributed by atoms with van der Waals surface area (Å²) in [5.41, 5.74) is 1.03. The first-order valence-electron chi connectivity index (χ1n) is 6.80. The van der Waals surface area contributed by atoms with Crippen molar-refractivity contribution in [1.29, 1.82) is 0 Å². The largest absolute Gasteiger partial charge is 0.489 e. The van der Waals surface area contributed by atoms with Gasteiger partial charge in [0.25, 0.3) is 0 Å². The Kier molecular flexibility index (Phi) is 3.98. The second-order valence-corrected chi connectivity index (χ2v) is 5.56. The van der Waals surface area contributed by atoms with Crippen molar-refractivity contribution in [2.45, 2.75) is 31.5 Å². The highest BCUT2D eigenvalue weighted by molar-refractivity contribution is 6.30. The van der Waals surface area contributed by atoms with E-state index in [9.17, 15) is 4.79 Å². The molecule has 1 saturated carbocycles. The van der Waals surface area contributed by atoms with Gasteiger partial charge in [0.05, 0.1) is 6.54 Å². The number of carbonyl (C=O) groups is 1. The summed E-state index contributed by atoms with van der Waals surface area (Å²) in [6.45, 7) is 1.57. The number of alkyl carbamates (subject to hydrolysis) is 1. The summed E-state index contributed by atoms with van der Waals surface area (Å²) in [4.78, 5) is 10.9. The van der Waals surface area contributed by atoms with E-state index in [1.54, 1.807) is 6.07 Å². The van der Waals surface area contributed by atoms with Crippen LogP contribution in [0.3, 0.4) is 0 Å². The highest BCUT2D eigenvalue weighted by Gasteiger charge is 2.24. The van der Waals surface area contributed by atoms with Gasteiger partial charge in [-0.25, -0.2) is 4.79 Å². The summed E-state index contributed by atoms with van der Waals surface area (Å²) in [6, 6.07) is 6.19. The topological polar surface area (TPSA) is 59.6 Å². The number of hydrogen-bond donors (Lipinski definition) is 2. The van der Waals surface area contributed by atoms with Crippen molar-refractivity contribution in [2.75, 3.05) is 13.2 Å². The van der Waals surface area contributed by atoms with Crippen LogP contribution in [0.5, 0.6) is 5.75 Å². The Morgan fingerprint density at radius 2 is 2.30 bits per heavy atom. The predicted octanol–water partition coefficient (Wildman–Crippen LogP) is 2.08. The Labute approximate surface area is 122 Å². The van der Waals surface area contributed by atoms with E-state index in [2.05, 4.69) is 10.6 Å². The fraction of sp³-hybridized carbons (Fsp3) is 0.500. The van der Waals surface area contributed by atoms with E-state index < -0.39 is 0 Å². The highest BCUT2D eigenvalue weighted by atomic mass is 35.5. The second kappa shape index (κ2) is 5.89. The molecule has 1 amide bonds. The van der Waals surface area contributed by atoms with Crippen LogP contribution in [0.4, 0.5) is 4.79 Å². The van der Waals surface area contributed by atoms with Crippen LogP contribution in [0, 0.1) is 0 Å². The van der Waals surface area contributed by atoms with Crippen LogP contribution in [-0.2, 0) is 11.3 Å². The molecule has 1 heterocycles. The van der Waals surface area contributed by atoms with Crippen molar-refractivity contribution in [3.8, 4) is 5.75 Å². The molecule has 2 aliphatic rings. The quantitative estimate of drug-likeness (QED) is 0.844. The molecule has 1 aliphatic heterocycles. The van der Waals surface area contributed by atoms with E-state index in [4.69, 9.17) is 21.1 Å². The van der Waals surface area contributed by atoms with Crippen LogP contribution >= 0.6 is 11.6 Å². The lowest BCUT2D eigenvalue weighted by Gasteiger charge is -2.14. The molecule has 0 bridgehead atoms. The van der Waals surface area contributed by atoms with Gasteiger partial charge in [-0.05, 0) is 31.0 Å². The summed E-state index contributed by atoms with van der Waals surface area (Å²) in [5.74, 6) is 0.783. The van der Waals surface area contributed by atoms with E-state index in [1.165, 1.54) is 12.8 Å². The van der Waals surface area contributed by atoms with Gasteiger partial charge in [-0.15, -0.1) is 0 Å². The van der Waals surface area contributed by atoms with Gasteiger partial charge in [0.15, 0.2) is 6.10 Å². The Bertz CT molecular complexity index is 505. The van der Waals surface area contributed by atoms with Crippen molar-refractivity contribution >= 4 is 17.7 Å². The van der Waals surface area contributed by atoms with Gasteiger partial charge in [0.2, 0.25) is 0 Å². The van der Waals surface area contributed by atoms with E-state index in [-0.39, 0.29) is 12.2 Å². The Balaban J connectivity index is 1.59. The van der Waals surface area contributed by atoms with Crippen molar-refractivity contribution in [1.82, 2.24) is 10.6 Å². The average Bonchev–Trinajstić information content (AvgIpc) is 3.17. The van der Waals surface area contributed by atoms with Gasteiger partial charge >= 0.3 is 6.09 Å². The number of ether oxygens (including phenoxy) is 2. The third-order valence-electron chi connectivity index (χ3n) is 3.35. The number of benzene rings is 1. The minimum absolute atomic E-state index is 0.234. The molecular weight excluding hydrogens is 280 g/mol. The van der Waals surface area contributed by atoms with Crippen molar-refractivity contribution in [3.05, 3.63) is 28.8 Å². The minimum atomic E-state index is -0.384. The first-order valence-corrected chi connectivity index (χ1v) is 7.17. The van der Waals surface area contributed by atoms with Gasteiger partial charge in [-0.3, -0.25) is 0 Å². The maximum atomic E-state index is 10.9. The number of carbonyl (C=O) groups excluding carboxylic acids is 1. The number of nitrogens with one attached hydrogen (secondary N) is 2. The monoisotopic (exact) mass is 296 g/mol. The van der Waals surface area contributed by atoms with Crippen LogP contribution in [0.25, 0.3) is 0 Å². The van der Waals surface area contributed by atoms with Crippen molar-refractivity contribution in [3.63, 3.8) is 0 Å². The molecule has 1 saturated heterocycles. The van der Waals surface area contributed by atoms with Gasteiger partial charge < -0.3 is 20.1 Å². The zero-order valence-electron chi connectivity index (χ0n) is 11.0. The van der Waals surface area contributed by atoms with E-state index in [0.29, 0.717) is 24.2 Å². The molecule has 0 radical (unpaired) electrons. The molecule has 0 aromatic heterocycles. The Hall–Kier alpha value is -1.46. The molecular formula is C14H17ClN2O3. The molecule has 1 atom stereocenters. The SMILES string of the molecule is O=C1NCC(COc2ccc(Cl)cc2CNC2CC2)O1. The van der Waals surface area contributed by atoms with Gasteiger partial charge in [-0.1, -0.05) is 11.6 Å². The summed E-state index contributed by atoms with van der Waals surface area (Å²) >= 11 is 6.03. The molecule has 0 spiro atoms. The summed E-state index contributed by atoms with van der Waals surface area (Å²) < 4.78 is 10.8. The molecule has 1 aliphatic carbocycles. The Morgan fingerprint density at radius 1 is 1.45 bits per heavy atom. The summed E-state index contributed by atoms with van der Waals surface area (Å²) in [6.07, 6.45) is 1.86. The molecule has 20 heavy (non-hydrogen) atoms. The average molecular weight is 297 g/mol. The normalized spacial score (nSPS) is 21.4. The standard InChI is InChI=1S/C14H17ClN2O3/c15-10-1-4-13(9(5-10)6-16-11-2-3-11)19-8-12-7-17-14(18)20-12/h1,4-5,11-12,16H,2-3,6-8H2,(H,17,18). The molecule has 1 aromatic rings. The zero-order valence-corrected chi connectivity index (χ0v) is 11.8. The van der Waals surface area contributed by atoms with Crippen LogP contribution in [0.1, 0.15) is 18.4 Å². The number of amides is 1. The van der Waals surface area contributed by atoms with Crippen molar-refractivity contribution < 1.29 is 14.3 Å². The molecule has 108 valence electrons. The maximum absolute atomic E-state index is 10.9. The summed E-state index contributed by atoms with van der Waals surface area (Å²) in [7, 11) is 0. The smallest absolute Gasteiger partial charge is 0.407 e. The third-order valence-corrected chi connectivity index (χ3v) is 3.59. The number of cyclic esters (lactones) is 1. The van der Waals surface area contributed by atoms with E-state index in [0.717, 1.165) is 17.9 Å². The molecule has 1 unspecified atom stereocenters. The lowest BCUT2D eigenvalue weighted by atomic mass is 10.2. The first kappa shape index (κ1) is 13.5. The number of halogens is 1. The Morgan fingerprint density at radius 3 is 3.00 bits per heavy atom. The molecule has 1 aromatic carbocycles. The fourth-order valence-electron chi connectivity index (χ4n) is 2.08. The summed E-state index contributed by atoms with van der Waals surface area (Å²) in [5, 5.41) is 6.74. The van der Waals surface area contributed by atoms with Gasteiger partial charge in [0, 0.05) is 23.2 Å². The molecule has 5 nitrogen and oxygen atoms in total. The molecule has 2 N–H and O–H groups in total. The van der Waals surface area contributed by atoms with Gasteiger partial charge in [-0.2, -0.15) is 0 Å². The van der Waals surface area contributed by atoms with Gasteiger partial charge in [0.1, 0.15) is 12.4 Å². The second-order valence-electron chi connectivity index (χ2n) is 5.13. The number of hydrogen-bond acceptors (Lipinski definition) is 4. The third kappa shape index (κ3) is 3.55. The van der Waals surface area contributed by atoms with Crippen LogP contribution in [0.2, 0.25) is 5.02 Å². The van der Waals surface area contributed by atoms with Crippen molar-refractivity contribution in [2.24, 2.45) is 0 Å². The predicted molar refractivity (Wildman–Crippen MR) is 75.1 cm³/mol. The lowest BCUT2D eigenvalue weighted by Crippen LogP contribution is -2.23.